The molecule has 4 nitrogen and oxygen atoms in total. The van der Waals surface area contributed by atoms with E-state index in [1.807, 2.05) is 6.92 Å². The molecule has 0 aliphatic rings. The van der Waals surface area contributed by atoms with Crippen LogP contribution in [0.2, 0.25) is 0 Å². The minimum absolute atomic E-state index is 0.162. The van der Waals surface area contributed by atoms with Gasteiger partial charge in [-0.1, -0.05) is 6.07 Å². The second-order valence-corrected chi connectivity index (χ2v) is 6.78. The molecule has 5 heteroatoms. The average molecular weight is 257 g/mol. The Morgan fingerprint density at radius 2 is 1.88 bits per heavy atom. The van der Waals surface area contributed by atoms with Crippen LogP contribution in [0, 0.1) is 6.92 Å². The first-order chi connectivity index (χ1) is 7.65. The topological polar surface area (TPSA) is 66.4 Å². The molecule has 0 bridgehead atoms. The molecule has 0 spiro atoms. The SMILES string of the molecule is Cc1ccc(S(=O)(=O)NC(C)(C)C)cc1CO. The second kappa shape index (κ2) is 4.76. The van der Waals surface area contributed by atoms with Gasteiger partial charge < -0.3 is 5.11 Å². The number of sulfonamides is 1. The number of nitrogens with one attached hydrogen (secondary N) is 1. The van der Waals surface area contributed by atoms with Crippen LogP contribution in [0.1, 0.15) is 31.9 Å². The molecule has 96 valence electrons. The summed E-state index contributed by atoms with van der Waals surface area (Å²) in [6.45, 7) is 7.02. The smallest absolute Gasteiger partial charge is 0.241 e. The summed E-state index contributed by atoms with van der Waals surface area (Å²) >= 11 is 0. The highest BCUT2D eigenvalue weighted by molar-refractivity contribution is 7.89. The Morgan fingerprint density at radius 3 is 2.35 bits per heavy atom. The van der Waals surface area contributed by atoms with Gasteiger partial charge in [0.15, 0.2) is 0 Å². The summed E-state index contributed by atoms with van der Waals surface area (Å²) < 4.78 is 26.6. The van der Waals surface area contributed by atoms with Crippen LogP contribution in [0.15, 0.2) is 23.1 Å². The maximum absolute atomic E-state index is 12.0. The Kier molecular flexibility index (Phi) is 3.96. The fourth-order valence-corrected chi connectivity index (χ4v) is 2.92. The summed E-state index contributed by atoms with van der Waals surface area (Å²) in [6.07, 6.45) is 0. The predicted molar refractivity (Wildman–Crippen MR) is 67.2 cm³/mol. The van der Waals surface area contributed by atoms with Gasteiger partial charge in [-0.3, -0.25) is 0 Å². The van der Waals surface area contributed by atoms with E-state index in [4.69, 9.17) is 5.11 Å². The van der Waals surface area contributed by atoms with Crippen molar-refractivity contribution in [2.24, 2.45) is 0 Å². The molecule has 0 aromatic heterocycles. The third-order valence-corrected chi connectivity index (χ3v) is 4.00. The van der Waals surface area contributed by atoms with Gasteiger partial charge in [0.05, 0.1) is 11.5 Å². The van der Waals surface area contributed by atoms with Gasteiger partial charge in [-0.15, -0.1) is 0 Å². The Bertz CT molecular complexity index is 501. The minimum atomic E-state index is -3.53. The first kappa shape index (κ1) is 14.2. The van der Waals surface area contributed by atoms with E-state index >= 15 is 0 Å². The molecule has 0 fully saturated rings. The van der Waals surface area contributed by atoms with E-state index in [2.05, 4.69) is 4.72 Å². The first-order valence-corrected chi connectivity index (χ1v) is 6.88. The predicted octanol–water partition coefficient (Wildman–Crippen LogP) is 1.56. The van der Waals surface area contributed by atoms with E-state index in [9.17, 15) is 8.42 Å². The molecule has 0 atom stereocenters. The lowest BCUT2D eigenvalue weighted by molar-refractivity contribution is 0.280. The van der Waals surface area contributed by atoms with Crippen molar-refractivity contribution < 1.29 is 13.5 Å². The zero-order valence-corrected chi connectivity index (χ0v) is 11.4. The lowest BCUT2D eigenvalue weighted by Gasteiger charge is -2.20. The molecule has 2 N–H and O–H groups in total. The normalized spacial score (nSPS) is 12.8. The number of benzene rings is 1. The molecular formula is C12H19NO3S. The average Bonchev–Trinajstić information content (AvgIpc) is 2.14. The molecule has 0 unspecified atom stereocenters. The summed E-state index contributed by atoms with van der Waals surface area (Å²) in [4.78, 5) is 0.182. The molecule has 0 heterocycles. The van der Waals surface area contributed by atoms with E-state index in [0.717, 1.165) is 5.56 Å². The number of aliphatic hydroxyl groups is 1. The van der Waals surface area contributed by atoms with Crippen molar-refractivity contribution in [2.75, 3.05) is 0 Å². The van der Waals surface area contributed by atoms with Gasteiger partial charge in [0.25, 0.3) is 0 Å². The fraction of sp³-hybridized carbons (Fsp3) is 0.500. The highest BCUT2D eigenvalue weighted by Crippen LogP contribution is 2.17. The maximum atomic E-state index is 12.0. The molecular weight excluding hydrogens is 238 g/mol. The number of aryl methyl sites for hydroxylation is 1. The van der Waals surface area contributed by atoms with Crippen LogP contribution in [0.5, 0.6) is 0 Å². The van der Waals surface area contributed by atoms with Crippen LogP contribution < -0.4 is 4.72 Å². The molecule has 0 saturated carbocycles. The Balaban J connectivity index is 3.16. The van der Waals surface area contributed by atoms with E-state index in [1.54, 1.807) is 32.9 Å². The first-order valence-electron chi connectivity index (χ1n) is 5.40. The Labute approximate surface area is 103 Å². The van der Waals surface area contributed by atoms with E-state index < -0.39 is 15.6 Å². The maximum Gasteiger partial charge on any atom is 0.241 e. The van der Waals surface area contributed by atoms with Crippen molar-refractivity contribution in [3.63, 3.8) is 0 Å². The molecule has 0 radical (unpaired) electrons. The molecule has 1 rings (SSSR count). The van der Waals surface area contributed by atoms with Crippen molar-refractivity contribution in [3.8, 4) is 0 Å². The van der Waals surface area contributed by atoms with Crippen molar-refractivity contribution in [1.82, 2.24) is 4.72 Å². The summed E-state index contributed by atoms with van der Waals surface area (Å²) in [7, 11) is -3.53. The monoisotopic (exact) mass is 257 g/mol. The molecule has 17 heavy (non-hydrogen) atoms. The lowest BCUT2D eigenvalue weighted by atomic mass is 10.1. The highest BCUT2D eigenvalue weighted by atomic mass is 32.2. The van der Waals surface area contributed by atoms with Gasteiger partial charge in [0.1, 0.15) is 0 Å². The van der Waals surface area contributed by atoms with Crippen molar-refractivity contribution in [2.45, 2.75) is 44.7 Å². The zero-order chi connectivity index (χ0) is 13.3. The van der Waals surface area contributed by atoms with E-state index in [-0.39, 0.29) is 11.5 Å². The minimum Gasteiger partial charge on any atom is -0.392 e. The number of aliphatic hydroxyl groups excluding tert-OH is 1. The van der Waals surface area contributed by atoms with Crippen molar-refractivity contribution >= 4 is 10.0 Å². The molecule has 1 aromatic rings. The van der Waals surface area contributed by atoms with Crippen LogP contribution in [0.3, 0.4) is 0 Å². The third-order valence-electron chi connectivity index (χ3n) is 2.24. The second-order valence-electron chi connectivity index (χ2n) is 5.10. The number of hydrogen-bond acceptors (Lipinski definition) is 3. The van der Waals surface area contributed by atoms with Crippen LogP contribution in [-0.2, 0) is 16.6 Å². The van der Waals surface area contributed by atoms with Crippen molar-refractivity contribution in [1.29, 1.82) is 0 Å². The highest BCUT2D eigenvalue weighted by Gasteiger charge is 2.22. The Morgan fingerprint density at radius 1 is 1.29 bits per heavy atom. The standard InChI is InChI=1S/C12H19NO3S/c1-9-5-6-11(7-10(9)8-14)17(15,16)13-12(2,3)4/h5-7,13-14H,8H2,1-4H3. The molecule has 0 amide bonds. The van der Waals surface area contributed by atoms with Crippen LogP contribution >= 0.6 is 0 Å². The van der Waals surface area contributed by atoms with Gasteiger partial charge in [-0.05, 0) is 51.0 Å². The van der Waals surface area contributed by atoms with Crippen LogP contribution in [0.4, 0.5) is 0 Å². The van der Waals surface area contributed by atoms with E-state index in [1.165, 1.54) is 6.07 Å². The lowest BCUT2D eigenvalue weighted by Crippen LogP contribution is -2.40. The van der Waals surface area contributed by atoms with Crippen molar-refractivity contribution in [3.05, 3.63) is 29.3 Å². The largest absolute Gasteiger partial charge is 0.392 e. The third kappa shape index (κ3) is 3.80. The van der Waals surface area contributed by atoms with Crippen LogP contribution in [-0.4, -0.2) is 19.1 Å². The van der Waals surface area contributed by atoms with Gasteiger partial charge in [-0.2, -0.15) is 0 Å². The molecule has 1 aromatic carbocycles. The molecule has 0 saturated heterocycles. The molecule has 0 aliphatic carbocycles. The van der Waals surface area contributed by atoms with Gasteiger partial charge in [0, 0.05) is 5.54 Å². The van der Waals surface area contributed by atoms with Gasteiger partial charge in [-0.25, -0.2) is 13.1 Å². The zero-order valence-electron chi connectivity index (χ0n) is 10.6. The summed E-state index contributed by atoms with van der Waals surface area (Å²) in [5, 5.41) is 9.13. The van der Waals surface area contributed by atoms with Gasteiger partial charge in [0.2, 0.25) is 10.0 Å². The van der Waals surface area contributed by atoms with Gasteiger partial charge >= 0.3 is 0 Å². The summed E-state index contributed by atoms with van der Waals surface area (Å²) in [6, 6.07) is 4.74. The summed E-state index contributed by atoms with van der Waals surface area (Å²) in [5.74, 6) is 0. The van der Waals surface area contributed by atoms with E-state index in [0.29, 0.717) is 5.56 Å². The number of rotatable bonds is 3. The number of hydrogen-bond donors (Lipinski definition) is 2. The fourth-order valence-electron chi connectivity index (χ4n) is 1.45. The molecule has 0 aliphatic heterocycles. The van der Waals surface area contributed by atoms with Crippen LogP contribution in [0.25, 0.3) is 0 Å². The Hall–Kier alpha value is -0.910. The quantitative estimate of drug-likeness (QED) is 0.863. The summed E-state index contributed by atoms with van der Waals surface area (Å²) in [5.41, 5.74) is 0.979.